The molecule has 0 amide bonds. The fourth-order valence-corrected chi connectivity index (χ4v) is 3.17. The van der Waals surface area contributed by atoms with E-state index in [1.54, 1.807) is 30.6 Å². The molecular formula is C20H19FN2O2S. The first-order valence-corrected chi connectivity index (χ1v) is 8.95. The molecule has 0 aliphatic heterocycles. The summed E-state index contributed by atoms with van der Waals surface area (Å²) in [7, 11) is 1.65. The standard InChI is InChI=1S/C20H19FN2O2S/c1-24-17-6-2-14(3-7-17)19-13-26-20(23-19)15-4-8-18(9-5-15)25-12-16(21)10-11-22/h2-10,13H,11-12,22H2,1H3. The molecule has 6 heteroatoms. The van der Waals surface area contributed by atoms with Crippen LogP contribution in [0.2, 0.25) is 0 Å². The molecule has 0 saturated heterocycles. The van der Waals surface area contributed by atoms with E-state index in [1.165, 1.54) is 6.08 Å². The van der Waals surface area contributed by atoms with Crippen molar-refractivity contribution in [1.29, 1.82) is 0 Å². The van der Waals surface area contributed by atoms with Crippen LogP contribution < -0.4 is 15.2 Å². The molecule has 0 unspecified atom stereocenters. The van der Waals surface area contributed by atoms with Gasteiger partial charge in [0.25, 0.3) is 0 Å². The monoisotopic (exact) mass is 370 g/mol. The minimum Gasteiger partial charge on any atom is -0.497 e. The predicted octanol–water partition coefficient (Wildman–Crippen LogP) is 4.68. The topological polar surface area (TPSA) is 57.4 Å². The van der Waals surface area contributed by atoms with Crippen molar-refractivity contribution in [2.75, 3.05) is 20.3 Å². The molecule has 2 aromatic carbocycles. The van der Waals surface area contributed by atoms with E-state index in [2.05, 4.69) is 4.98 Å². The van der Waals surface area contributed by atoms with Crippen LogP contribution in [-0.4, -0.2) is 25.2 Å². The van der Waals surface area contributed by atoms with Crippen LogP contribution >= 0.6 is 11.3 Å². The highest BCUT2D eigenvalue weighted by atomic mass is 32.1. The molecule has 0 aliphatic rings. The maximum Gasteiger partial charge on any atom is 0.139 e. The molecule has 1 aromatic heterocycles. The van der Waals surface area contributed by atoms with E-state index in [4.69, 9.17) is 15.2 Å². The quantitative estimate of drug-likeness (QED) is 0.656. The first-order valence-electron chi connectivity index (χ1n) is 8.07. The van der Waals surface area contributed by atoms with Crippen molar-refractivity contribution >= 4 is 11.3 Å². The number of nitrogens with two attached hydrogens (primary N) is 1. The SMILES string of the molecule is COc1ccc(-c2csc(-c3ccc(OCC(F)=CCN)cc3)n2)cc1. The third-order valence-electron chi connectivity index (χ3n) is 3.71. The summed E-state index contributed by atoms with van der Waals surface area (Å²) in [6.45, 7) is 0.0458. The summed E-state index contributed by atoms with van der Waals surface area (Å²) in [5.41, 5.74) is 8.20. The summed E-state index contributed by atoms with van der Waals surface area (Å²) in [6.07, 6.45) is 1.30. The second-order valence-corrected chi connectivity index (χ2v) is 6.32. The number of benzene rings is 2. The van der Waals surface area contributed by atoms with Gasteiger partial charge in [-0.05, 0) is 54.6 Å². The summed E-state index contributed by atoms with van der Waals surface area (Å²) >= 11 is 1.57. The van der Waals surface area contributed by atoms with Gasteiger partial charge in [0.05, 0.1) is 12.8 Å². The molecule has 134 valence electrons. The molecule has 0 saturated carbocycles. The van der Waals surface area contributed by atoms with Gasteiger partial charge in [0, 0.05) is 23.1 Å². The first-order chi connectivity index (χ1) is 12.7. The molecule has 26 heavy (non-hydrogen) atoms. The van der Waals surface area contributed by atoms with Gasteiger partial charge in [-0.15, -0.1) is 11.3 Å². The number of thiazole rings is 1. The highest BCUT2D eigenvalue weighted by molar-refractivity contribution is 7.13. The lowest BCUT2D eigenvalue weighted by Crippen LogP contribution is -2.01. The summed E-state index contributed by atoms with van der Waals surface area (Å²) in [5, 5.41) is 2.94. The fraction of sp³-hybridized carbons (Fsp3) is 0.150. The molecule has 2 N–H and O–H groups in total. The van der Waals surface area contributed by atoms with Crippen LogP contribution in [0, 0.1) is 0 Å². The molecule has 0 fully saturated rings. The van der Waals surface area contributed by atoms with Crippen molar-refractivity contribution in [2.45, 2.75) is 0 Å². The highest BCUT2D eigenvalue weighted by Crippen LogP contribution is 2.30. The summed E-state index contributed by atoms with van der Waals surface area (Å²) < 4.78 is 23.8. The van der Waals surface area contributed by atoms with Gasteiger partial charge >= 0.3 is 0 Å². The Bertz CT molecular complexity index is 874. The zero-order chi connectivity index (χ0) is 18.4. The van der Waals surface area contributed by atoms with Crippen molar-refractivity contribution in [1.82, 2.24) is 4.98 Å². The van der Waals surface area contributed by atoms with E-state index < -0.39 is 0 Å². The maximum atomic E-state index is 13.3. The zero-order valence-corrected chi connectivity index (χ0v) is 15.1. The minimum atomic E-state index is -0.374. The number of rotatable bonds is 7. The van der Waals surface area contributed by atoms with Gasteiger partial charge in [-0.3, -0.25) is 0 Å². The van der Waals surface area contributed by atoms with E-state index in [1.807, 2.05) is 41.8 Å². The Kier molecular flexibility index (Phi) is 5.99. The molecule has 0 spiro atoms. The number of hydrogen-bond donors (Lipinski definition) is 1. The Labute approximate surface area is 155 Å². The van der Waals surface area contributed by atoms with Gasteiger partial charge in [0.1, 0.15) is 28.9 Å². The summed E-state index contributed by atoms with van der Waals surface area (Å²) in [6, 6.07) is 15.2. The van der Waals surface area contributed by atoms with E-state index in [-0.39, 0.29) is 19.0 Å². The number of hydrogen-bond acceptors (Lipinski definition) is 5. The zero-order valence-electron chi connectivity index (χ0n) is 14.3. The smallest absolute Gasteiger partial charge is 0.139 e. The molecule has 1 heterocycles. The third kappa shape index (κ3) is 4.47. The minimum absolute atomic E-state index is 0.116. The largest absolute Gasteiger partial charge is 0.497 e. The van der Waals surface area contributed by atoms with Gasteiger partial charge in [-0.2, -0.15) is 0 Å². The normalized spacial score (nSPS) is 11.4. The van der Waals surface area contributed by atoms with Crippen LogP contribution in [0.5, 0.6) is 11.5 Å². The summed E-state index contributed by atoms with van der Waals surface area (Å²) in [4.78, 5) is 4.69. The van der Waals surface area contributed by atoms with Gasteiger partial charge in [0.2, 0.25) is 0 Å². The molecule has 0 bridgehead atoms. The Morgan fingerprint density at radius 1 is 1.08 bits per heavy atom. The number of nitrogens with zero attached hydrogens (tertiary/aromatic N) is 1. The number of aromatic nitrogens is 1. The van der Waals surface area contributed by atoms with Gasteiger partial charge in [-0.25, -0.2) is 9.37 Å². The predicted molar refractivity (Wildman–Crippen MR) is 103 cm³/mol. The van der Waals surface area contributed by atoms with E-state index >= 15 is 0 Å². The highest BCUT2D eigenvalue weighted by Gasteiger charge is 2.07. The Balaban J connectivity index is 1.69. The first kappa shape index (κ1) is 18.1. The van der Waals surface area contributed by atoms with Crippen molar-refractivity contribution in [3.63, 3.8) is 0 Å². The van der Waals surface area contributed by atoms with Crippen LogP contribution in [-0.2, 0) is 0 Å². The van der Waals surface area contributed by atoms with Gasteiger partial charge in [-0.1, -0.05) is 0 Å². The van der Waals surface area contributed by atoms with Crippen molar-refractivity contribution in [3.05, 3.63) is 65.8 Å². The Morgan fingerprint density at radius 2 is 1.73 bits per heavy atom. The van der Waals surface area contributed by atoms with Crippen LogP contribution in [0.3, 0.4) is 0 Å². The van der Waals surface area contributed by atoms with Gasteiger partial charge < -0.3 is 15.2 Å². The van der Waals surface area contributed by atoms with Crippen molar-refractivity contribution in [2.24, 2.45) is 5.73 Å². The lowest BCUT2D eigenvalue weighted by Gasteiger charge is -2.05. The molecule has 0 radical (unpaired) electrons. The van der Waals surface area contributed by atoms with Crippen LogP contribution in [0.1, 0.15) is 0 Å². The summed E-state index contributed by atoms with van der Waals surface area (Å²) in [5.74, 6) is 1.04. The second-order valence-electron chi connectivity index (χ2n) is 5.47. The molecule has 3 rings (SSSR count). The van der Waals surface area contributed by atoms with Crippen molar-refractivity contribution < 1.29 is 13.9 Å². The Hall–Kier alpha value is -2.70. The average Bonchev–Trinajstić information content (AvgIpc) is 3.17. The second kappa shape index (κ2) is 8.60. The van der Waals surface area contributed by atoms with Crippen LogP contribution in [0.4, 0.5) is 4.39 Å². The maximum absolute atomic E-state index is 13.3. The lowest BCUT2D eigenvalue weighted by atomic mass is 10.1. The average molecular weight is 370 g/mol. The van der Waals surface area contributed by atoms with E-state index in [0.29, 0.717) is 5.75 Å². The van der Waals surface area contributed by atoms with E-state index in [0.717, 1.165) is 27.6 Å². The number of halogens is 1. The van der Waals surface area contributed by atoms with Crippen LogP contribution in [0.25, 0.3) is 21.8 Å². The molecular weight excluding hydrogens is 351 g/mol. The van der Waals surface area contributed by atoms with Crippen molar-refractivity contribution in [3.8, 4) is 33.3 Å². The fourth-order valence-electron chi connectivity index (χ4n) is 2.33. The Morgan fingerprint density at radius 3 is 2.38 bits per heavy atom. The number of ether oxygens (including phenoxy) is 2. The van der Waals surface area contributed by atoms with E-state index in [9.17, 15) is 4.39 Å². The molecule has 0 aliphatic carbocycles. The van der Waals surface area contributed by atoms with Gasteiger partial charge in [0.15, 0.2) is 0 Å². The number of methoxy groups -OCH3 is 1. The molecule has 0 atom stereocenters. The molecule has 4 nitrogen and oxygen atoms in total. The lowest BCUT2D eigenvalue weighted by molar-refractivity contribution is 0.318. The van der Waals surface area contributed by atoms with Crippen LogP contribution in [0.15, 0.2) is 65.8 Å². The third-order valence-corrected chi connectivity index (χ3v) is 4.60. The molecule has 3 aromatic rings.